The Kier molecular flexibility index (Phi) is 5.73. The quantitative estimate of drug-likeness (QED) is 0.426. The molecule has 1 heterocycles. The van der Waals surface area contributed by atoms with Crippen LogP contribution in [0.4, 0.5) is 0 Å². The molecule has 15 unspecified atom stereocenters. The van der Waals surface area contributed by atoms with Crippen molar-refractivity contribution >= 4 is 0 Å². The molecule has 1 aliphatic heterocycles. The van der Waals surface area contributed by atoms with Crippen molar-refractivity contribution in [3.05, 3.63) is 0 Å². The van der Waals surface area contributed by atoms with Gasteiger partial charge in [0.15, 0.2) is 0 Å². The third kappa shape index (κ3) is 3.47. The van der Waals surface area contributed by atoms with Crippen LogP contribution in [-0.2, 0) is 0 Å². The molecule has 13 saturated carbocycles. The molecule has 14 fully saturated rings. The van der Waals surface area contributed by atoms with E-state index in [0.717, 1.165) is 89.0 Å². The summed E-state index contributed by atoms with van der Waals surface area (Å²) in [6.45, 7) is 7.88. The Labute approximate surface area is 205 Å². The van der Waals surface area contributed by atoms with Gasteiger partial charge in [0.25, 0.3) is 0 Å². The zero-order chi connectivity index (χ0) is 22.3. The SMILES string of the molecule is CCC1CC2CCC1C1CCC(CC1C)C1CC(C)C1C1CCCC3NC4CC2CCC4C31. The Balaban J connectivity index is 1.24. The van der Waals surface area contributed by atoms with E-state index in [1.54, 1.807) is 70.6 Å². The highest BCUT2D eigenvalue weighted by Gasteiger charge is 2.57. The van der Waals surface area contributed by atoms with E-state index in [1.807, 2.05) is 0 Å². The molecule has 186 valence electrons. The largest absolute Gasteiger partial charge is 0.311 e. The van der Waals surface area contributed by atoms with Crippen LogP contribution in [0.15, 0.2) is 0 Å². The van der Waals surface area contributed by atoms with Crippen LogP contribution in [-0.4, -0.2) is 12.1 Å². The molecule has 1 N–H and O–H groups in total. The summed E-state index contributed by atoms with van der Waals surface area (Å²) in [5.74, 6) is 13.7. The molecule has 14 rings (SSSR count). The van der Waals surface area contributed by atoms with Gasteiger partial charge in [0.1, 0.15) is 0 Å². The normalized spacial score (nSPS) is 59.9. The molecule has 0 spiro atoms. The molecule has 1 nitrogen and oxygen atoms in total. The number of hydrogen-bond donors (Lipinski definition) is 1. The van der Waals surface area contributed by atoms with E-state index >= 15 is 0 Å². The Bertz CT molecular complexity index is 715. The van der Waals surface area contributed by atoms with Crippen molar-refractivity contribution in [3.63, 3.8) is 0 Å². The van der Waals surface area contributed by atoms with Gasteiger partial charge in [-0.2, -0.15) is 0 Å². The van der Waals surface area contributed by atoms with Crippen LogP contribution in [0.3, 0.4) is 0 Å². The monoisotopic (exact) mass is 451 g/mol. The lowest BCUT2D eigenvalue weighted by Gasteiger charge is -2.57. The third-order valence-corrected chi connectivity index (χ3v) is 13.9. The van der Waals surface area contributed by atoms with Crippen molar-refractivity contribution < 1.29 is 0 Å². The first-order chi connectivity index (χ1) is 16.1. The molecule has 15 atom stereocenters. The van der Waals surface area contributed by atoms with Gasteiger partial charge in [-0.05, 0) is 154 Å². The highest BCUT2D eigenvalue weighted by atomic mass is 15.0. The minimum atomic E-state index is 0.885. The van der Waals surface area contributed by atoms with Crippen LogP contribution in [0.1, 0.15) is 111 Å². The second kappa shape index (κ2) is 8.52. The zero-order valence-electron chi connectivity index (χ0n) is 22.1. The van der Waals surface area contributed by atoms with Crippen molar-refractivity contribution in [2.45, 2.75) is 123 Å². The average molecular weight is 452 g/mol. The first-order valence-corrected chi connectivity index (χ1v) is 15.9. The van der Waals surface area contributed by atoms with Crippen LogP contribution < -0.4 is 5.32 Å². The topological polar surface area (TPSA) is 12.0 Å². The summed E-state index contributed by atoms with van der Waals surface area (Å²) in [4.78, 5) is 0. The molecule has 1 saturated heterocycles. The summed E-state index contributed by atoms with van der Waals surface area (Å²) in [6.07, 6.45) is 21.8. The van der Waals surface area contributed by atoms with Crippen LogP contribution in [0.25, 0.3) is 0 Å². The van der Waals surface area contributed by atoms with Crippen molar-refractivity contribution in [2.24, 2.45) is 76.9 Å². The molecule has 13 aliphatic carbocycles. The summed E-state index contributed by atoms with van der Waals surface area (Å²) in [6, 6.07) is 1.77. The fourth-order valence-electron chi connectivity index (χ4n) is 12.6. The van der Waals surface area contributed by atoms with E-state index in [9.17, 15) is 0 Å². The molecular formula is C32H53N. The van der Waals surface area contributed by atoms with Gasteiger partial charge in [-0.3, -0.25) is 0 Å². The van der Waals surface area contributed by atoms with E-state index in [2.05, 4.69) is 26.1 Å². The van der Waals surface area contributed by atoms with Gasteiger partial charge in [-0.25, -0.2) is 0 Å². The highest BCUT2D eigenvalue weighted by Crippen LogP contribution is 2.61. The summed E-state index contributed by atoms with van der Waals surface area (Å²) >= 11 is 0. The van der Waals surface area contributed by atoms with Crippen molar-refractivity contribution in [2.75, 3.05) is 0 Å². The van der Waals surface area contributed by atoms with Crippen LogP contribution in [0.5, 0.6) is 0 Å². The molecular weight excluding hydrogens is 398 g/mol. The van der Waals surface area contributed by atoms with Gasteiger partial charge in [-0.1, -0.05) is 33.6 Å². The highest BCUT2D eigenvalue weighted by molar-refractivity contribution is 5.09. The Hall–Kier alpha value is -0.0400. The van der Waals surface area contributed by atoms with Crippen LogP contribution in [0.2, 0.25) is 0 Å². The van der Waals surface area contributed by atoms with Gasteiger partial charge >= 0.3 is 0 Å². The Morgan fingerprint density at radius 3 is 2.09 bits per heavy atom. The van der Waals surface area contributed by atoms with Crippen LogP contribution in [0, 0.1) is 76.9 Å². The second-order valence-electron chi connectivity index (χ2n) is 14.9. The number of rotatable bonds is 1. The summed E-state index contributed by atoms with van der Waals surface area (Å²) in [5.41, 5.74) is 0. The Morgan fingerprint density at radius 2 is 1.30 bits per heavy atom. The first kappa shape index (κ1) is 22.2. The van der Waals surface area contributed by atoms with Crippen molar-refractivity contribution in [1.29, 1.82) is 0 Å². The fourth-order valence-corrected chi connectivity index (χ4v) is 12.6. The second-order valence-corrected chi connectivity index (χ2v) is 14.9. The molecule has 0 radical (unpaired) electrons. The summed E-state index contributed by atoms with van der Waals surface area (Å²) in [7, 11) is 0. The molecule has 8 bridgehead atoms. The molecule has 33 heavy (non-hydrogen) atoms. The maximum absolute atomic E-state index is 4.35. The van der Waals surface area contributed by atoms with E-state index in [4.69, 9.17) is 0 Å². The van der Waals surface area contributed by atoms with Crippen LogP contribution >= 0.6 is 0 Å². The molecule has 1 heteroatoms. The molecule has 0 aromatic heterocycles. The minimum absolute atomic E-state index is 0.885. The van der Waals surface area contributed by atoms with E-state index in [-0.39, 0.29) is 0 Å². The smallest absolute Gasteiger partial charge is 0.0104 e. The van der Waals surface area contributed by atoms with Gasteiger partial charge in [0, 0.05) is 12.1 Å². The maximum Gasteiger partial charge on any atom is 0.0104 e. The summed E-state index contributed by atoms with van der Waals surface area (Å²) in [5, 5.41) is 4.35. The lowest BCUT2D eigenvalue weighted by molar-refractivity contribution is -0.0801. The summed E-state index contributed by atoms with van der Waals surface area (Å²) < 4.78 is 0. The fraction of sp³-hybridized carbons (Fsp3) is 1.00. The van der Waals surface area contributed by atoms with Gasteiger partial charge < -0.3 is 5.32 Å². The molecule has 0 aromatic carbocycles. The van der Waals surface area contributed by atoms with Gasteiger partial charge in [-0.15, -0.1) is 0 Å². The predicted molar refractivity (Wildman–Crippen MR) is 138 cm³/mol. The van der Waals surface area contributed by atoms with E-state index in [1.165, 1.54) is 19.3 Å². The van der Waals surface area contributed by atoms with Crippen molar-refractivity contribution in [3.8, 4) is 0 Å². The third-order valence-electron chi connectivity index (χ3n) is 13.9. The zero-order valence-corrected chi connectivity index (χ0v) is 22.1. The molecule has 0 amide bonds. The first-order valence-electron chi connectivity index (χ1n) is 15.9. The van der Waals surface area contributed by atoms with Gasteiger partial charge in [0.05, 0.1) is 0 Å². The Morgan fingerprint density at radius 1 is 0.545 bits per heavy atom. The van der Waals surface area contributed by atoms with E-state index < -0.39 is 0 Å². The van der Waals surface area contributed by atoms with E-state index in [0.29, 0.717) is 0 Å². The minimum Gasteiger partial charge on any atom is -0.311 e. The predicted octanol–water partition coefficient (Wildman–Crippen LogP) is 7.94. The molecule has 14 aliphatic rings. The number of hydrogen-bond acceptors (Lipinski definition) is 1. The van der Waals surface area contributed by atoms with Gasteiger partial charge in [0.2, 0.25) is 0 Å². The number of nitrogens with one attached hydrogen (secondary N) is 1. The average Bonchev–Trinajstić information content (AvgIpc) is 3.20. The maximum atomic E-state index is 4.35. The van der Waals surface area contributed by atoms with Crippen molar-refractivity contribution in [1.82, 2.24) is 5.32 Å². The standard InChI is InChI=1S/C32H53N/c1-4-20-16-21-8-12-25(20)24-11-10-23(14-18(24)2)28-15-19(3)31(28)27-6-5-7-29-32(27)26-13-9-22(21)17-30(26)33-29/h18-33H,4-17H2,1-3H3. The molecule has 0 aromatic rings. The lowest BCUT2D eigenvalue weighted by atomic mass is 9.47. The lowest BCUT2D eigenvalue weighted by Crippen LogP contribution is -2.51.